The van der Waals surface area contributed by atoms with Crippen LogP contribution in [0.2, 0.25) is 0 Å². The number of hydrogen-bond acceptors (Lipinski definition) is 3. The highest BCUT2D eigenvalue weighted by Crippen LogP contribution is 2.22. The summed E-state index contributed by atoms with van der Waals surface area (Å²) < 4.78 is 11.3. The summed E-state index contributed by atoms with van der Waals surface area (Å²) in [5.41, 5.74) is 2.68. The second kappa shape index (κ2) is 10.9. The van der Waals surface area contributed by atoms with E-state index in [2.05, 4.69) is 5.32 Å². The first kappa shape index (κ1) is 20.4. The zero-order chi connectivity index (χ0) is 19.6. The van der Waals surface area contributed by atoms with E-state index in [9.17, 15) is 4.79 Å². The van der Waals surface area contributed by atoms with Crippen LogP contribution in [0.15, 0.2) is 48.5 Å². The minimum absolute atomic E-state index is 0.00228. The Bertz CT molecular complexity index is 737. The minimum Gasteiger partial charge on any atom is -0.496 e. The fraction of sp³-hybridized carbons (Fsp3) is 0.458. The normalized spacial score (nSPS) is 15.5. The molecule has 1 N–H and O–H groups in total. The van der Waals surface area contributed by atoms with Gasteiger partial charge in [0, 0.05) is 17.2 Å². The zero-order valence-corrected chi connectivity index (χ0v) is 16.8. The molecule has 4 nitrogen and oxygen atoms in total. The van der Waals surface area contributed by atoms with Crippen molar-refractivity contribution in [1.29, 1.82) is 0 Å². The molecule has 4 heteroatoms. The van der Waals surface area contributed by atoms with Gasteiger partial charge in [0.15, 0.2) is 0 Å². The van der Waals surface area contributed by atoms with Gasteiger partial charge in [-0.05, 0) is 36.6 Å². The molecule has 0 aromatic heterocycles. The van der Waals surface area contributed by atoms with Gasteiger partial charge >= 0.3 is 0 Å². The highest BCUT2D eigenvalue weighted by Gasteiger charge is 2.16. The van der Waals surface area contributed by atoms with Gasteiger partial charge in [-0.25, -0.2) is 0 Å². The molecule has 0 saturated heterocycles. The third-order valence-corrected chi connectivity index (χ3v) is 5.35. The van der Waals surface area contributed by atoms with E-state index in [1.54, 1.807) is 7.11 Å². The Balaban J connectivity index is 1.61. The maximum atomic E-state index is 12.8. The molecule has 1 saturated carbocycles. The lowest BCUT2D eigenvalue weighted by Gasteiger charge is -2.21. The quantitative estimate of drug-likeness (QED) is 0.712. The molecule has 2 aromatic rings. The Morgan fingerprint density at radius 1 is 0.964 bits per heavy atom. The number of methoxy groups -OCH3 is 1. The fourth-order valence-electron chi connectivity index (χ4n) is 3.75. The lowest BCUT2D eigenvalue weighted by Crippen LogP contribution is -2.35. The van der Waals surface area contributed by atoms with E-state index in [1.165, 1.54) is 32.1 Å². The van der Waals surface area contributed by atoms with Gasteiger partial charge in [-0.2, -0.15) is 0 Å². The largest absolute Gasteiger partial charge is 0.496 e. The van der Waals surface area contributed by atoms with Crippen LogP contribution in [-0.2, 0) is 18.0 Å². The fourth-order valence-corrected chi connectivity index (χ4v) is 3.75. The van der Waals surface area contributed by atoms with Crippen LogP contribution >= 0.6 is 0 Å². The van der Waals surface area contributed by atoms with Crippen molar-refractivity contribution in [3.05, 3.63) is 65.2 Å². The van der Waals surface area contributed by atoms with Crippen molar-refractivity contribution in [2.45, 2.75) is 64.2 Å². The molecule has 0 radical (unpaired) electrons. The average Bonchev–Trinajstić information content (AvgIpc) is 2.70. The molecule has 0 unspecified atom stereocenters. The predicted octanol–water partition coefficient (Wildman–Crippen LogP) is 5.25. The van der Waals surface area contributed by atoms with Gasteiger partial charge in [0.1, 0.15) is 5.75 Å². The molecule has 0 aliphatic heterocycles. The molecule has 0 bridgehead atoms. The number of rotatable bonds is 7. The number of nitrogens with one attached hydrogen (secondary N) is 1. The second-order valence-electron chi connectivity index (χ2n) is 7.52. The molecule has 2 aromatic carbocycles. The highest BCUT2D eigenvalue weighted by molar-refractivity contribution is 5.94. The van der Waals surface area contributed by atoms with Crippen molar-refractivity contribution in [2.24, 2.45) is 0 Å². The molecular weight excluding hydrogens is 350 g/mol. The van der Waals surface area contributed by atoms with Gasteiger partial charge in [0.05, 0.1) is 20.3 Å². The van der Waals surface area contributed by atoms with Gasteiger partial charge in [-0.3, -0.25) is 4.79 Å². The number of carbonyl (C=O) groups excluding carboxylic acids is 1. The first-order chi connectivity index (χ1) is 13.8. The van der Waals surface area contributed by atoms with Crippen LogP contribution in [0.1, 0.15) is 66.4 Å². The molecule has 1 aliphatic rings. The van der Waals surface area contributed by atoms with Crippen molar-refractivity contribution in [2.75, 3.05) is 7.11 Å². The standard InChI is InChI=1S/C24H31NO3/c1-27-23-15-14-20(24(26)25-22-12-8-3-2-4-9-13-22)16-21(23)18-28-17-19-10-6-5-7-11-19/h5-7,10-11,14-16,22H,2-4,8-9,12-13,17-18H2,1H3,(H,25,26). The predicted molar refractivity (Wildman–Crippen MR) is 112 cm³/mol. The molecule has 150 valence electrons. The van der Waals surface area contributed by atoms with Crippen LogP contribution < -0.4 is 10.1 Å². The minimum atomic E-state index is -0.00228. The molecule has 0 atom stereocenters. The highest BCUT2D eigenvalue weighted by atomic mass is 16.5. The Kier molecular flexibility index (Phi) is 7.92. The van der Waals surface area contributed by atoms with Crippen molar-refractivity contribution in [1.82, 2.24) is 5.32 Å². The van der Waals surface area contributed by atoms with Crippen LogP contribution in [0.4, 0.5) is 0 Å². The Morgan fingerprint density at radius 3 is 2.39 bits per heavy atom. The maximum absolute atomic E-state index is 12.8. The van der Waals surface area contributed by atoms with E-state index < -0.39 is 0 Å². The molecular formula is C24H31NO3. The SMILES string of the molecule is COc1ccc(C(=O)NC2CCCCCCC2)cc1COCc1ccccc1. The number of benzene rings is 2. The summed E-state index contributed by atoms with van der Waals surface area (Å²) in [4.78, 5) is 12.8. The molecule has 1 aliphatic carbocycles. The van der Waals surface area contributed by atoms with Crippen LogP contribution in [-0.4, -0.2) is 19.1 Å². The van der Waals surface area contributed by atoms with E-state index >= 15 is 0 Å². The molecule has 28 heavy (non-hydrogen) atoms. The van der Waals surface area contributed by atoms with E-state index in [0.717, 1.165) is 29.7 Å². The van der Waals surface area contributed by atoms with Crippen molar-refractivity contribution in [3.8, 4) is 5.75 Å². The Labute approximate surface area is 168 Å². The van der Waals surface area contributed by atoms with Gasteiger partial charge in [0.25, 0.3) is 5.91 Å². The molecule has 0 spiro atoms. The van der Waals surface area contributed by atoms with E-state index in [0.29, 0.717) is 18.8 Å². The summed E-state index contributed by atoms with van der Waals surface area (Å²) >= 11 is 0. The third-order valence-electron chi connectivity index (χ3n) is 5.35. The van der Waals surface area contributed by atoms with Gasteiger partial charge in [0.2, 0.25) is 0 Å². The van der Waals surface area contributed by atoms with Crippen LogP contribution in [0.3, 0.4) is 0 Å². The first-order valence-corrected chi connectivity index (χ1v) is 10.4. The number of ether oxygens (including phenoxy) is 2. The Morgan fingerprint density at radius 2 is 1.68 bits per heavy atom. The molecule has 1 fully saturated rings. The maximum Gasteiger partial charge on any atom is 0.251 e. The lowest BCUT2D eigenvalue weighted by molar-refractivity contribution is 0.0928. The monoisotopic (exact) mass is 381 g/mol. The topological polar surface area (TPSA) is 47.6 Å². The van der Waals surface area contributed by atoms with E-state index in [1.807, 2.05) is 48.5 Å². The summed E-state index contributed by atoms with van der Waals surface area (Å²) in [5.74, 6) is 0.744. The average molecular weight is 382 g/mol. The smallest absolute Gasteiger partial charge is 0.251 e. The first-order valence-electron chi connectivity index (χ1n) is 10.4. The molecule has 1 amide bonds. The molecule has 3 rings (SSSR count). The van der Waals surface area contributed by atoms with Crippen LogP contribution in [0, 0.1) is 0 Å². The van der Waals surface area contributed by atoms with Crippen molar-refractivity contribution < 1.29 is 14.3 Å². The van der Waals surface area contributed by atoms with Gasteiger partial charge in [-0.15, -0.1) is 0 Å². The summed E-state index contributed by atoms with van der Waals surface area (Å²) in [6.07, 6.45) is 8.43. The van der Waals surface area contributed by atoms with E-state index in [4.69, 9.17) is 9.47 Å². The molecule has 0 heterocycles. The van der Waals surface area contributed by atoms with Crippen LogP contribution in [0.25, 0.3) is 0 Å². The van der Waals surface area contributed by atoms with Crippen LogP contribution in [0.5, 0.6) is 5.75 Å². The third kappa shape index (κ3) is 6.10. The Hall–Kier alpha value is -2.33. The number of amides is 1. The van der Waals surface area contributed by atoms with Gasteiger partial charge < -0.3 is 14.8 Å². The van der Waals surface area contributed by atoms with Gasteiger partial charge in [-0.1, -0.05) is 62.4 Å². The second-order valence-corrected chi connectivity index (χ2v) is 7.52. The number of carbonyl (C=O) groups is 1. The van der Waals surface area contributed by atoms with Crippen molar-refractivity contribution >= 4 is 5.91 Å². The summed E-state index contributed by atoms with van der Waals surface area (Å²) in [7, 11) is 1.64. The van der Waals surface area contributed by atoms with E-state index in [-0.39, 0.29) is 11.9 Å². The lowest BCUT2D eigenvalue weighted by atomic mass is 9.96. The summed E-state index contributed by atoms with van der Waals surface area (Å²) in [5, 5.41) is 3.23. The summed E-state index contributed by atoms with van der Waals surface area (Å²) in [6, 6.07) is 15.9. The van der Waals surface area contributed by atoms with Crippen molar-refractivity contribution in [3.63, 3.8) is 0 Å². The summed E-state index contributed by atoms with van der Waals surface area (Å²) in [6.45, 7) is 0.936. The number of hydrogen-bond donors (Lipinski definition) is 1. The zero-order valence-electron chi connectivity index (χ0n) is 16.8.